The maximum atomic E-state index is 12.6. The molecule has 2 rings (SSSR count). The molecule has 1 aromatic rings. The van der Waals surface area contributed by atoms with Crippen molar-refractivity contribution in [1.82, 2.24) is 9.88 Å². The fourth-order valence-electron chi connectivity index (χ4n) is 2.42. The van der Waals surface area contributed by atoms with E-state index in [1.165, 1.54) is 0 Å². The van der Waals surface area contributed by atoms with Gasteiger partial charge in [0.05, 0.1) is 16.9 Å². The zero-order valence-corrected chi connectivity index (χ0v) is 12.4. The van der Waals surface area contributed by atoms with Crippen LogP contribution < -0.4 is 5.32 Å². The molecule has 5 nitrogen and oxygen atoms in total. The van der Waals surface area contributed by atoms with Crippen LogP contribution in [0.15, 0.2) is 12.3 Å². The summed E-state index contributed by atoms with van der Waals surface area (Å²) in [5.74, 6) is -0.0612. The molecule has 0 spiro atoms. The Kier molecular flexibility index (Phi) is 4.28. The first-order chi connectivity index (χ1) is 9.43. The van der Waals surface area contributed by atoms with E-state index in [-0.39, 0.29) is 5.91 Å². The number of hydrogen-bond acceptors (Lipinski definition) is 4. The van der Waals surface area contributed by atoms with E-state index in [0.717, 1.165) is 24.3 Å². The third kappa shape index (κ3) is 3.28. The van der Waals surface area contributed by atoms with E-state index >= 15 is 0 Å². The van der Waals surface area contributed by atoms with Crippen LogP contribution in [-0.2, 0) is 0 Å². The van der Waals surface area contributed by atoms with Crippen molar-refractivity contribution in [3.05, 3.63) is 23.5 Å². The Morgan fingerprint density at radius 1 is 1.60 bits per heavy atom. The van der Waals surface area contributed by atoms with Crippen molar-refractivity contribution in [2.45, 2.75) is 39.2 Å². The van der Waals surface area contributed by atoms with Crippen molar-refractivity contribution >= 4 is 11.6 Å². The molecule has 0 aliphatic carbocycles. The lowest BCUT2D eigenvalue weighted by atomic mass is 10.1. The molecule has 1 saturated heterocycles. The van der Waals surface area contributed by atoms with Crippen molar-refractivity contribution in [2.75, 3.05) is 25.0 Å². The van der Waals surface area contributed by atoms with Gasteiger partial charge in [-0.15, -0.1) is 0 Å². The van der Waals surface area contributed by atoms with E-state index in [2.05, 4.69) is 17.2 Å². The topological polar surface area (TPSA) is 65.5 Å². The summed E-state index contributed by atoms with van der Waals surface area (Å²) in [7, 11) is 0. The van der Waals surface area contributed by atoms with Crippen LogP contribution in [0, 0.1) is 6.92 Å². The van der Waals surface area contributed by atoms with Crippen LogP contribution in [-0.4, -0.2) is 46.1 Å². The predicted octanol–water partition coefficient (Wildman–Crippen LogP) is 1.81. The number of carbonyl (C=O) groups excluding carboxylic acids is 1. The number of hydrogen-bond donors (Lipinski definition) is 2. The molecule has 110 valence electrons. The summed E-state index contributed by atoms with van der Waals surface area (Å²) in [5, 5.41) is 13.3. The maximum Gasteiger partial charge on any atom is 0.257 e. The highest BCUT2D eigenvalue weighted by Gasteiger charge is 2.35. The van der Waals surface area contributed by atoms with Crippen molar-refractivity contribution < 1.29 is 9.90 Å². The molecule has 1 aliphatic rings. The van der Waals surface area contributed by atoms with Gasteiger partial charge in [-0.25, -0.2) is 0 Å². The predicted molar refractivity (Wildman–Crippen MR) is 78.9 cm³/mol. The van der Waals surface area contributed by atoms with Crippen LogP contribution in [0.4, 0.5) is 5.69 Å². The first kappa shape index (κ1) is 14.8. The number of nitrogens with zero attached hydrogens (tertiary/aromatic N) is 2. The first-order valence-electron chi connectivity index (χ1n) is 7.15. The fourth-order valence-corrected chi connectivity index (χ4v) is 2.42. The molecule has 0 aromatic carbocycles. The number of likely N-dealkylation sites (tertiary alicyclic amines) is 1. The second-order valence-corrected chi connectivity index (χ2v) is 5.77. The van der Waals surface area contributed by atoms with Gasteiger partial charge in [0.1, 0.15) is 0 Å². The highest BCUT2D eigenvalue weighted by atomic mass is 16.3. The monoisotopic (exact) mass is 277 g/mol. The van der Waals surface area contributed by atoms with E-state index in [1.807, 2.05) is 13.0 Å². The Hall–Kier alpha value is -1.62. The van der Waals surface area contributed by atoms with Gasteiger partial charge >= 0.3 is 0 Å². The van der Waals surface area contributed by atoms with Gasteiger partial charge in [-0.2, -0.15) is 0 Å². The molecule has 1 unspecified atom stereocenters. The molecule has 5 heteroatoms. The van der Waals surface area contributed by atoms with E-state index < -0.39 is 5.60 Å². The zero-order chi connectivity index (χ0) is 14.8. The Morgan fingerprint density at radius 2 is 2.35 bits per heavy atom. The molecular formula is C15H23N3O2. The standard InChI is InChI=1S/C15H23N3O2/c1-4-6-16-13-8-11(2)17-9-12(13)14(19)18-7-5-15(3,20)10-18/h8-9,20H,4-7,10H2,1-3H3,(H,16,17). The van der Waals surface area contributed by atoms with Gasteiger partial charge in [-0.05, 0) is 32.8 Å². The van der Waals surface area contributed by atoms with Gasteiger partial charge in [0.25, 0.3) is 5.91 Å². The van der Waals surface area contributed by atoms with Crippen LogP contribution in [0.1, 0.15) is 42.7 Å². The number of rotatable bonds is 4. The third-order valence-corrected chi connectivity index (χ3v) is 3.58. The van der Waals surface area contributed by atoms with Crippen LogP contribution in [0.2, 0.25) is 0 Å². The average molecular weight is 277 g/mol. The molecule has 2 N–H and O–H groups in total. The molecule has 1 fully saturated rings. The van der Waals surface area contributed by atoms with Gasteiger partial charge in [0.15, 0.2) is 0 Å². The van der Waals surface area contributed by atoms with Crippen molar-refractivity contribution in [2.24, 2.45) is 0 Å². The summed E-state index contributed by atoms with van der Waals surface area (Å²) >= 11 is 0. The van der Waals surface area contributed by atoms with Gasteiger partial charge in [0.2, 0.25) is 0 Å². The number of aryl methyl sites for hydroxylation is 1. The lowest BCUT2D eigenvalue weighted by molar-refractivity contribution is 0.0572. The summed E-state index contributed by atoms with van der Waals surface area (Å²) in [5.41, 5.74) is 1.52. The second-order valence-electron chi connectivity index (χ2n) is 5.77. The van der Waals surface area contributed by atoms with Crippen molar-refractivity contribution in [1.29, 1.82) is 0 Å². The second kappa shape index (κ2) is 5.79. The highest BCUT2D eigenvalue weighted by Crippen LogP contribution is 2.24. The minimum absolute atomic E-state index is 0.0612. The molecule has 1 amide bonds. The third-order valence-electron chi connectivity index (χ3n) is 3.58. The van der Waals surface area contributed by atoms with Gasteiger partial charge in [0, 0.05) is 31.5 Å². The fraction of sp³-hybridized carbons (Fsp3) is 0.600. The molecule has 0 bridgehead atoms. The molecule has 20 heavy (non-hydrogen) atoms. The number of amides is 1. The van der Waals surface area contributed by atoms with E-state index in [0.29, 0.717) is 25.1 Å². The first-order valence-corrected chi connectivity index (χ1v) is 7.15. The largest absolute Gasteiger partial charge is 0.388 e. The van der Waals surface area contributed by atoms with E-state index in [1.54, 1.807) is 18.0 Å². The molecular weight excluding hydrogens is 254 g/mol. The molecule has 0 radical (unpaired) electrons. The van der Waals surface area contributed by atoms with Crippen molar-refractivity contribution in [3.8, 4) is 0 Å². The Bertz CT molecular complexity index is 500. The number of anilines is 1. The summed E-state index contributed by atoms with van der Waals surface area (Å²) in [6.45, 7) is 7.55. The molecule has 2 heterocycles. The van der Waals surface area contributed by atoms with Crippen molar-refractivity contribution in [3.63, 3.8) is 0 Å². The van der Waals surface area contributed by atoms with Gasteiger partial charge < -0.3 is 15.3 Å². The molecule has 1 atom stereocenters. The lowest BCUT2D eigenvalue weighted by Gasteiger charge is -2.20. The van der Waals surface area contributed by atoms with Crippen LogP contribution in [0.3, 0.4) is 0 Å². The van der Waals surface area contributed by atoms with E-state index in [9.17, 15) is 9.90 Å². The SMILES string of the molecule is CCCNc1cc(C)ncc1C(=O)N1CCC(C)(O)C1. The number of aromatic nitrogens is 1. The quantitative estimate of drug-likeness (QED) is 0.881. The molecule has 1 aliphatic heterocycles. The molecule has 1 aromatic heterocycles. The minimum atomic E-state index is -0.773. The summed E-state index contributed by atoms with van der Waals surface area (Å²) in [4.78, 5) is 18.5. The summed E-state index contributed by atoms with van der Waals surface area (Å²) in [6.07, 6.45) is 3.24. The normalized spacial score (nSPS) is 22.1. The average Bonchev–Trinajstić information content (AvgIpc) is 2.76. The molecule has 0 saturated carbocycles. The highest BCUT2D eigenvalue weighted by molar-refractivity contribution is 5.99. The summed E-state index contributed by atoms with van der Waals surface area (Å²) < 4.78 is 0. The number of nitrogens with one attached hydrogen (secondary N) is 1. The zero-order valence-electron chi connectivity index (χ0n) is 12.4. The Labute approximate surface area is 120 Å². The Morgan fingerprint density at radius 3 is 2.95 bits per heavy atom. The maximum absolute atomic E-state index is 12.6. The minimum Gasteiger partial charge on any atom is -0.388 e. The van der Waals surface area contributed by atoms with Gasteiger partial charge in [-0.3, -0.25) is 9.78 Å². The summed E-state index contributed by atoms with van der Waals surface area (Å²) in [6, 6.07) is 1.90. The number of aliphatic hydroxyl groups is 1. The van der Waals surface area contributed by atoms with Gasteiger partial charge in [-0.1, -0.05) is 6.92 Å². The Balaban J connectivity index is 2.21. The van der Waals surface area contributed by atoms with Crippen LogP contribution in [0.25, 0.3) is 0 Å². The smallest absolute Gasteiger partial charge is 0.257 e. The number of β-amino-alcohol motifs (C(OH)–C–C–N with tert-alkyl or cyclic N) is 1. The van der Waals surface area contributed by atoms with Crippen LogP contribution >= 0.6 is 0 Å². The number of carbonyl (C=O) groups is 1. The van der Waals surface area contributed by atoms with Crippen LogP contribution in [0.5, 0.6) is 0 Å². The lowest BCUT2D eigenvalue weighted by Crippen LogP contribution is -2.34. The number of pyridine rings is 1. The van der Waals surface area contributed by atoms with E-state index in [4.69, 9.17) is 0 Å².